The van der Waals surface area contributed by atoms with Crippen molar-refractivity contribution in [3.05, 3.63) is 58.1 Å². The molecular formula is C21H25BrN2O3. The van der Waals surface area contributed by atoms with Gasteiger partial charge in [0.05, 0.1) is 17.5 Å². The molecule has 0 atom stereocenters. The minimum atomic E-state index is -0.201. The highest BCUT2D eigenvalue weighted by Crippen LogP contribution is 2.26. The van der Waals surface area contributed by atoms with Gasteiger partial charge in [-0.2, -0.15) is 0 Å². The van der Waals surface area contributed by atoms with Crippen molar-refractivity contribution >= 4 is 33.4 Å². The predicted molar refractivity (Wildman–Crippen MR) is 111 cm³/mol. The summed E-state index contributed by atoms with van der Waals surface area (Å²) in [6.45, 7) is 2.77. The van der Waals surface area contributed by atoms with Gasteiger partial charge in [0.1, 0.15) is 5.75 Å². The van der Waals surface area contributed by atoms with E-state index in [0.717, 1.165) is 28.6 Å². The Bertz CT molecular complexity index is 789. The van der Waals surface area contributed by atoms with Crippen molar-refractivity contribution in [2.24, 2.45) is 0 Å². The zero-order chi connectivity index (χ0) is 19.8. The number of halogens is 1. The zero-order valence-electron chi connectivity index (χ0n) is 15.9. The Hall–Kier alpha value is -2.34. The van der Waals surface area contributed by atoms with Gasteiger partial charge >= 0.3 is 0 Å². The minimum Gasteiger partial charge on any atom is -0.492 e. The zero-order valence-corrected chi connectivity index (χ0v) is 17.5. The number of hydrogen-bond donors (Lipinski definition) is 1. The lowest BCUT2D eigenvalue weighted by molar-refractivity contribution is -0.127. The summed E-state index contributed by atoms with van der Waals surface area (Å²) < 4.78 is 6.44. The van der Waals surface area contributed by atoms with E-state index in [9.17, 15) is 9.59 Å². The van der Waals surface area contributed by atoms with Crippen LogP contribution in [0.2, 0.25) is 0 Å². The van der Waals surface area contributed by atoms with Crippen LogP contribution in [0.5, 0.6) is 5.75 Å². The molecule has 0 aliphatic heterocycles. The van der Waals surface area contributed by atoms with Crippen molar-refractivity contribution in [1.82, 2.24) is 4.90 Å². The molecule has 27 heavy (non-hydrogen) atoms. The molecule has 0 aliphatic carbocycles. The Balaban J connectivity index is 1.98. The van der Waals surface area contributed by atoms with Crippen molar-refractivity contribution in [3.8, 4) is 5.75 Å². The fourth-order valence-electron chi connectivity index (χ4n) is 2.33. The largest absolute Gasteiger partial charge is 0.492 e. The third-order valence-electron chi connectivity index (χ3n) is 4.02. The Morgan fingerprint density at radius 2 is 1.81 bits per heavy atom. The first-order chi connectivity index (χ1) is 12.9. The van der Waals surface area contributed by atoms with E-state index in [-0.39, 0.29) is 11.8 Å². The van der Waals surface area contributed by atoms with Gasteiger partial charge in [0.2, 0.25) is 5.91 Å². The van der Waals surface area contributed by atoms with Gasteiger partial charge in [0.25, 0.3) is 5.91 Å². The second kappa shape index (κ2) is 10.1. The number of nitrogens with zero attached hydrogens (tertiary/aromatic N) is 1. The van der Waals surface area contributed by atoms with E-state index in [1.54, 1.807) is 49.3 Å². The molecule has 0 heterocycles. The van der Waals surface area contributed by atoms with E-state index in [1.807, 2.05) is 12.1 Å². The van der Waals surface area contributed by atoms with Crippen LogP contribution in [0.15, 0.2) is 46.9 Å². The first-order valence-corrected chi connectivity index (χ1v) is 9.72. The first kappa shape index (κ1) is 21.0. The van der Waals surface area contributed by atoms with Crippen LogP contribution in [0.25, 0.3) is 0 Å². The molecule has 0 saturated carbocycles. The third kappa shape index (κ3) is 6.40. The van der Waals surface area contributed by atoms with Crippen LogP contribution < -0.4 is 10.1 Å². The van der Waals surface area contributed by atoms with Gasteiger partial charge in [-0.05, 0) is 58.2 Å². The first-order valence-electron chi connectivity index (χ1n) is 8.93. The van der Waals surface area contributed by atoms with Crippen LogP contribution in [0.4, 0.5) is 5.69 Å². The molecule has 0 saturated heterocycles. The summed E-state index contributed by atoms with van der Waals surface area (Å²) in [5.41, 5.74) is 2.13. The summed E-state index contributed by atoms with van der Waals surface area (Å²) in [7, 11) is 3.46. The number of benzene rings is 2. The lowest BCUT2D eigenvalue weighted by Gasteiger charge is -2.11. The third-order valence-corrected chi connectivity index (χ3v) is 4.64. The van der Waals surface area contributed by atoms with E-state index in [0.29, 0.717) is 24.3 Å². The number of carbonyl (C=O) groups is 2. The molecule has 5 nitrogen and oxygen atoms in total. The SMILES string of the molecule is CCCCOc1ccc(C(=O)Nc2ccc(CC(=O)N(C)C)cc2)cc1Br. The quantitative estimate of drug-likeness (QED) is 0.624. The van der Waals surface area contributed by atoms with E-state index < -0.39 is 0 Å². The minimum absolute atomic E-state index is 0.0397. The van der Waals surface area contributed by atoms with E-state index in [2.05, 4.69) is 28.2 Å². The number of carbonyl (C=O) groups excluding carboxylic acids is 2. The molecule has 1 N–H and O–H groups in total. The lowest BCUT2D eigenvalue weighted by atomic mass is 10.1. The normalized spacial score (nSPS) is 10.4. The highest BCUT2D eigenvalue weighted by atomic mass is 79.9. The summed E-state index contributed by atoms with van der Waals surface area (Å²) in [6.07, 6.45) is 2.40. The smallest absolute Gasteiger partial charge is 0.255 e. The fraction of sp³-hybridized carbons (Fsp3) is 0.333. The highest BCUT2D eigenvalue weighted by molar-refractivity contribution is 9.10. The van der Waals surface area contributed by atoms with E-state index in [4.69, 9.17) is 4.74 Å². The van der Waals surface area contributed by atoms with Crippen LogP contribution in [-0.4, -0.2) is 37.4 Å². The molecule has 2 aromatic rings. The molecule has 144 valence electrons. The molecule has 6 heteroatoms. The lowest BCUT2D eigenvalue weighted by Crippen LogP contribution is -2.23. The van der Waals surface area contributed by atoms with Crippen LogP contribution in [0.3, 0.4) is 0 Å². The number of hydrogen-bond acceptors (Lipinski definition) is 3. The molecule has 2 aromatic carbocycles. The second-order valence-electron chi connectivity index (χ2n) is 6.46. The molecular weight excluding hydrogens is 408 g/mol. The van der Waals surface area contributed by atoms with E-state index in [1.165, 1.54) is 0 Å². The summed E-state index contributed by atoms with van der Waals surface area (Å²) in [4.78, 5) is 25.8. The van der Waals surface area contributed by atoms with Crippen LogP contribution in [0.1, 0.15) is 35.7 Å². The molecule has 0 bridgehead atoms. The van der Waals surface area contributed by atoms with E-state index >= 15 is 0 Å². The average Bonchev–Trinajstić information content (AvgIpc) is 2.64. The molecule has 2 rings (SSSR count). The fourth-order valence-corrected chi connectivity index (χ4v) is 2.82. The molecule has 0 fully saturated rings. The summed E-state index contributed by atoms with van der Waals surface area (Å²) in [6, 6.07) is 12.6. The van der Waals surface area contributed by atoms with Crippen LogP contribution in [0, 0.1) is 0 Å². The number of unbranched alkanes of at least 4 members (excludes halogenated alkanes) is 1. The molecule has 0 aromatic heterocycles. The van der Waals surface area contributed by atoms with Crippen molar-refractivity contribution in [2.75, 3.05) is 26.0 Å². The van der Waals surface area contributed by atoms with Gasteiger partial charge in [-0.15, -0.1) is 0 Å². The number of amides is 2. The van der Waals surface area contributed by atoms with Gasteiger partial charge in [-0.1, -0.05) is 25.5 Å². The van der Waals surface area contributed by atoms with Crippen molar-refractivity contribution in [3.63, 3.8) is 0 Å². The number of nitrogens with one attached hydrogen (secondary N) is 1. The monoisotopic (exact) mass is 432 g/mol. The molecule has 2 amide bonds. The number of likely N-dealkylation sites (N-methyl/N-ethyl adjacent to an activating group) is 1. The van der Waals surface area contributed by atoms with Crippen molar-refractivity contribution in [1.29, 1.82) is 0 Å². The second-order valence-corrected chi connectivity index (χ2v) is 7.32. The van der Waals surface area contributed by atoms with Gasteiger partial charge in [0, 0.05) is 25.3 Å². The van der Waals surface area contributed by atoms with Crippen LogP contribution >= 0.6 is 15.9 Å². The molecule has 0 radical (unpaired) electrons. The Morgan fingerprint density at radius 1 is 1.11 bits per heavy atom. The van der Waals surface area contributed by atoms with Gasteiger partial charge in [0.15, 0.2) is 0 Å². The van der Waals surface area contributed by atoms with Crippen molar-refractivity contribution < 1.29 is 14.3 Å². The molecule has 0 aliphatic rings. The van der Waals surface area contributed by atoms with Crippen molar-refractivity contribution in [2.45, 2.75) is 26.2 Å². The highest BCUT2D eigenvalue weighted by Gasteiger charge is 2.10. The van der Waals surface area contributed by atoms with Crippen LogP contribution in [-0.2, 0) is 11.2 Å². The summed E-state index contributed by atoms with van der Waals surface area (Å²) in [5.74, 6) is 0.570. The Kier molecular flexibility index (Phi) is 7.85. The standard InChI is InChI=1S/C21H25BrN2O3/c1-4-5-12-27-19-11-8-16(14-18(19)22)21(26)23-17-9-6-15(7-10-17)13-20(25)24(2)3/h6-11,14H,4-5,12-13H2,1-3H3,(H,23,26). The van der Waals surface area contributed by atoms with Gasteiger partial charge < -0.3 is 15.0 Å². The van der Waals surface area contributed by atoms with Gasteiger partial charge in [-0.3, -0.25) is 9.59 Å². The Morgan fingerprint density at radius 3 is 2.41 bits per heavy atom. The Labute approximate surface area is 168 Å². The maximum Gasteiger partial charge on any atom is 0.255 e. The summed E-state index contributed by atoms with van der Waals surface area (Å²) >= 11 is 3.46. The molecule has 0 unspecified atom stereocenters. The topological polar surface area (TPSA) is 58.6 Å². The number of ether oxygens (including phenoxy) is 1. The number of anilines is 1. The average molecular weight is 433 g/mol. The number of rotatable bonds is 8. The maximum atomic E-state index is 12.5. The maximum absolute atomic E-state index is 12.5. The van der Waals surface area contributed by atoms with Gasteiger partial charge in [-0.25, -0.2) is 0 Å². The summed E-state index contributed by atoms with van der Waals surface area (Å²) in [5, 5.41) is 2.86. The predicted octanol–water partition coefficient (Wildman–Crippen LogP) is 4.51. The molecule has 0 spiro atoms.